The fraction of sp³-hybridized carbons (Fsp3) is 0.667. The Bertz CT molecular complexity index is 364. The number of halogens is 1. The largest absolute Gasteiger partial charge is 0.368 e. The van der Waals surface area contributed by atoms with Crippen LogP contribution in [0.1, 0.15) is 38.5 Å². The quantitative estimate of drug-likeness (QED) is 0.846. The first-order valence-electron chi connectivity index (χ1n) is 6.27. The number of aromatic nitrogens is 2. The molecule has 0 amide bonds. The molecule has 0 spiro atoms. The van der Waals surface area contributed by atoms with Crippen molar-refractivity contribution in [1.29, 1.82) is 0 Å². The van der Waals surface area contributed by atoms with E-state index < -0.39 is 5.82 Å². The van der Waals surface area contributed by atoms with Crippen molar-refractivity contribution >= 4 is 11.8 Å². The van der Waals surface area contributed by atoms with E-state index in [0.717, 1.165) is 25.1 Å². The summed E-state index contributed by atoms with van der Waals surface area (Å²) in [6.07, 6.45) is 8.81. The maximum Gasteiger partial charge on any atom is 0.222 e. The number of rotatable bonds is 4. The van der Waals surface area contributed by atoms with Gasteiger partial charge in [-0.25, -0.2) is 9.37 Å². The highest BCUT2D eigenvalue weighted by atomic mass is 19.1. The third-order valence-corrected chi connectivity index (χ3v) is 3.33. The van der Waals surface area contributed by atoms with Gasteiger partial charge in [0.2, 0.25) is 5.95 Å². The van der Waals surface area contributed by atoms with Gasteiger partial charge in [-0.15, -0.1) is 0 Å². The maximum atomic E-state index is 13.3. The standard InChI is InChI=1S/C12H19FN4/c13-10-8-16-12(14)17-11(10)15-7-6-9-4-2-1-3-5-9/h8-9H,1-7H2,(H3,14,15,16,17). The molecule has 0 saturated heterocycles. The van der Waals surface area contributed by atoms with E-state index >= 15 is 0 Å². The molecule has 0 radical (unpaired) electrons. The Morgan fingerprint density at radius 1 is 1.35 bits per heavy atom. The van der Waals surface area contributed by atoms with Crippen molar-refractivity contribution in [2.45, 2.75) is 38.5 Å². The zero-order valence-electron chi connectivity index (χ0n) is 9.95. The predicted octanol–water partition coefficient (Wildman–Crippen LogP) is 2.58. The van der Waals surface area contributed by atoms with Crippen LogP contribution in [-0.4, -0.2) is 16.5 Å². The summed E-state index contributed by atoms with van der Waals surface area (Å²) in [6, 6.07) is 0. The molecule has 1 aromatic heterocycles. The molecule has 1 aliphatic rings. The Hall–Kier alpha value is -1.39. The highest BCUT2D eigenvalue weighted by Crippen LogP contribution is 2.26. The van der Waals surface area contributed by atoms with Crippen molar-refractivity contribution in [2.24, 2.45) is 5.92 Å². The van der Waals surface area contributed by atoms with E-state index in [1.807, 2.05) is 0 Å². The average molecular weight is 238 g/mol. The molecule has 94 valence electrons. The topological polar surface area (TPSA) is 63.8 Å². The maximum absolute atomic E-state index is 13.3. The van der Waals surface area contributed by atoms with Crippen LogP contribution in [0.4, 0.5) is 16.2 Å². The summed E-state index contributed by atoms with van der Waals surface area (Å²) in [7, 11) is 0. The van der Waals surface area contributed by atoms with Crippen LogP contribution < -0.4 is 11.1 Å². The van der Waals surface area contributed by atoms with Crippen molar-refractivity contribution in [2.75, 3.05) is 17.6 Å². The minimum absolute atomic E-state index is 0.103. The fourth-order valence-corrected chi connectivity index (χ4v) is 2.38. The zero-order chi connectivity index (χ0) is 12.1. The van der Waals surface area contributed by atoms with Gasteiger partial charge in [-0.2, -0.15) is 4.98 Å². The van der Waals surface area contributed by atoms with Crippen LogP contribution in [0, 0.1) is 11.7 Å². The summed E-state index contributed by atoms with van der Waals surface area (Å²) in [5.41, 5.74) is 5.41. The third kappa shape index (κ3) is 3.54. The molecule has 1 aliphatic carbocycles. The summed E-state index contributed by atoms with van der Waals surface area (Å²) in [5, 5.41) is 2.99. The molecule has 5 heteroatoms. The minimum Gasteiger partial charge on any atom is -0.368 e. The van der Waals surface area contributed by atoms with Gasteiger partial charge in [0.25, 0.3) is 0 Å². The van der Waals surface area contributed by atoms with E-state index in [2.05, 4.69) is 15.3 Å². The first kappa shape index (κ1) is 12.1. The number of nitrogens with one attached hydrogen (secondary N) is 1. The molecule has 1 saturated carbocycles. The van der Waals surface area contributed by atoms with Crippen molar-refractivity contribution in [3.05, 3.63) is 12.0 Å². The zero-order valence-corrected chi connectivity index (χ0v) is 9.95. The van der Waals surface area contributed by atoms with E-state index in [4.69, 9.17) is 5.73 Å². The molecule has 1 fully saturated rings. The fourth-order valence-electron chi connectivity index (χ4n) is 2.38. The molecular weight excluding hydrogens is 219 g/mol. The molecule has 17 heavy (non-hydrogen) atoms. The monoisotopic (exact) mass is 238 g/mol. The highest BCUT2D eigenvalue weighted by Gasteiger charge is 2.13. The predicted molar refractivity (Wildman–Crippen MR) is 66.1 cm³/mol. The van der Waals surface area contributed by atoms with E-state index in [1.54, 1.807) is 0 Å². The van der Waals surface area contributed by atoms with E-state index in [-0.39, 0.29) is 11.8 Å². The summed E-state index contributed by atoms with van der Waals surface area (Å²) in [4.78, 5) is 7.42. The van der Waals surface area contributed by atoms with Gasteiger partial charge in [0, 0.05) is 6.54 Å². The first-order valence-corrected chi connectivity index (χ1v) is 6.27. The van der Waals surface area contributed by atoms with Crippen LogP contribution in [0.5, 0.6) is 0 Å². The number of nitrogens with two attached hydrogens (primary N) is 1. The summed E-state index contributed by atoms with van der Waals surface area (Å²) < 4.78 is 13.3. The van der Waals surface area contributed by atoms with E-state index in [9.17, 15) is 4.39 Å². The summed E-state index contributed by atoms with van der Waals surface area (Å²) in [5.74, 6) is 0.654. The van der Waals surface area contributed by atoms with Gasteiger partial charge in [0.1, 0.15) is 0 Å². The second-order valence-corrected chi connectivity index (χ2v) is 4.64. The van der Waals surface area contributed by atoms with Crippen LogP contribution >= 0.6 is 0 Å². The van der Waals surface area contributed by atoms with Gasteiger partial charge in [0.15, 0.2) is 11.6 Å². The van der Waals surface area contributed by atoms with Crippen LogP contribution in [-0.2, 0) is 0 Å². The molecule has 1 aromatic rings. The lowest BCUT2D eigenvalue weighted by Crippen LogP contribution is -2.14. The number of hydrogen-bond donors (Lipinski definition) is 2. The van der Waals surface area contributed by atoms with E-state index in [0.29, 0.717) is 0 Å². The van der Waals surface area contributed by atoms with E-state index in [1.165, 1.54) is 32.1 Å². The molecule has 0 aliphatic heterocycles. The van der Waals surface area contributed by atoms with Gasteiger partial charge in [-0.1, -0.05) is 32.1 Å². The van der Waals surface area contributed by atoms with Crippen molar-refractivity contribution in [3.63, 3.8) is 0 Å². The van der Waals surface area contributed by atoms with Crippen LogP contribution in [0.15, 0.2) is 6.20 Å². The lowest BCUT2D eigenvalue weighted by molar-refractivity contribution is 0.345. The molecule has 0 bridgehead atoms. The van der Waals surface area contributed by atoms with Crippen molar-refractivity contribution < 1.29 is 4.39 Å². The Morgan fingerprint density at radius 3 is 2.88 bits per heavy atom. The Morgan fingerprint density at radius 2 is 2.12 bits per heavy atom. The smallest absolute Gasteiger partial charge is 0.222 e. The van der Waals surface area contributed by atoms with Gasteiger partial charge >= 0.3 is 0 Å². The molecular formula is C12H19FN4. The second kappa shape index (κ2) is 5.80. The highest BCUT2D eigenvalue weighted by molar-refractivity contribution is 5.38. The second-order valence-electron chi connectivity index (χ2n) is 4.64. The minimum atomic E-state index is -0.442. The van der Waals surface area contributed by atoms with Gasteiger partial charge < -0.3 is 11.1 Å². The third-order valence-electron chi connectivity index (χ3n) is 3.33. The average Bonchev–Trinajstić information content (AvgIpc) is 2.35. The molecule has 0 atom stereocenters. The molecule has 1 heterocycles. The van der Waals surface area contributed by atoms with Crippen LogP contribution in [0.25, 0.3) is 0 Å². The Labute approximate surface area is 101 Å². The number of hydrogen-bond acceptors (Lipinski definition) is 4. The summed E-state index contributed by atoms with van der Waals surface area (Å²) in [6.45, 7) is 0.748. The number of nitrogens with zero attached hydrogens (tertiary/aromatic N) is 2. The van der Waals surface area contributed by atoms with Crippen LogP contribution in [0.2, 0.25) is 0 Å². The van der Waals surface area contributed by atoms with Crippen molar-refractivity contribution in [1.82, 2.24) is 9.97 Å². The SMILES string of the molecule is Nc1ncc(F)c(NCCC2CCCCC2)n1. The lowest BCUT2D eigenvalue weighted by Gasteiger charge is -2.21. The lowest BCUT2D eigenvalue weighted by atomic mass is 9.87. The van der Waals surface area contributed by atoms with Gasteiger partial charge in [-0.05, 0) is 12.3 Å². The Balaban J connectivity index is 1.79. The first-order chi connectivity index (χ1) is 8.25. The Kier molecular flexibility index (Phi) is 4.12. The summed E-state index contributed by atoms with van der Waals surface area (Å²) >= 11 is 0. The molecule has 4 nitrogen and oxygen atoms in total. The molecule has 2 rings (SSSR count). The number of anilines is 2. The molecule has 3 N–H and O–H groups in total. The van der Waals surface area contributed by atoms with Gasteiger partial charge in [0.05, 0.1) is 6.20 Å². The van der Waals surface area contributed by atoms with Gasteiger partial charge in [-0.3, -0.25) is 0 Å². The molecule has 0 unspecified atom stereocenters. The van der Waals surface area contributed by atoms with Crippen LogP contribution in [0.3, 0.4) is 0 Å². The number of nitrogen functional groups attached to an aromatic ring is 1. The normalized spacial score (nSPS) is 17.0. The van der Waals surface area contributed by atoms with Crippen molar-refractivity contribution in [3.8, 4) is 0 Å². The molecule has 0 aromatic carbocycles.